The zero-order valence-corrected chi connectivity index (χ0v) is 19.4. The van der Waals surface area contributed by atoms with Crippen molar-refractivity contribution in [2.45, 2.75) is 0 Å². The zero-order chi connectivity index (χ0) is 23.1. The Bertz CT molecular complexity index is 1580. The summed E-state index contributed by atoms with van der Waals surface area (Å²) < 4.78 is 0. The van der Waals surface area contributed by atoms with Crippen LogP contribution in [0.4, 0.5) is 22.7 Å². The Balaban J connectivity index is 1.54. The summed E-state index contributed by atoms with van der Waals surface area (Å²) in [4.78, 5) is 13.6. The molecule has 1 aliphatic heterocycles. The van der Waals surface area contributed by atoms with Crippen LogP contribution in [0, 0.1) is 0 Å². The quantitative estimate of drug-likeness (QED) is 0.266. The highest BCUT2D eigenvalue weighted by atomic mass is 35.5. The van der Waals surface area contributed by atoms with Gasteiger partial charge in [0.15, 0.2) is 0 Å². The van der Waals surface area contributed by atoms with Crippen molar-refractivity contribution in [2.75, 3.05) is 5.32 Å². The van der Waals surface area contributed by atoms with E-state index < -0.39 is 0 Å². The topological polar surface area (TPSA) is 52.5 Å². The van der Waals surface area contributed by atoms with Crippen molar-refractivity contribution >= 4 is 68.3 Å². The third-order valence-corrected chi connectivity index (χ3v) is 6.24. The molecular weight excluding hydrogens is 463 g/mol. The average molecular weight is 481 g/mol. The molecule has 1 aliphatic rings. The fourth-order valence-electron chi connectivity index (χ4n) is 4.13. The molecule has 0 saturated heterocycles. The Labute approximate surface area is 206 Å². The van der Waals surface area contributed by atoms with Crippen LogP contribution in [-0.2, 0) is 0 Å². The summed E-state index contributed by atoms with van der Waals surface area (Å²) in [5, 5.41) is 6.01. The molecule has 164 valence electrons. The van der Waals surface area contributed by atoms with Gasteiger partial charge in [-0.3, -0.25) is 0 Å². The summed E-state index contributed by atoms with van der Waals surface area (Å²) in [6, 6.07) is 31.4. The van der Waals surface area contributed by atoms with Gasteiger partial charge < -0.3 is 10.3 Å². The summed E-state index contributed by atoms with van der Waals surface area (Å²) in [5.74, 6) is 0. The fraction of sp³-hybridized carbons (Fsp3) is 0. The summed E-state index contributed by atoms with van der Waals surface area (Å²) in [6.45, 7) is 0. The highest BCUT2D eigenvalue weighted by Gasteiger charge is 2.28. The van der Waals surface area contributed by atoms with Gasteiger partial charge in [-0.05, 0) is 60.7 Å². The number of halogens is 2. The lowest BCUT2D eigenvalue weighted by atomic mass is 10.0. The lowest BCUT2D eigenvalue weighted by Crippen LogP contribution is -2.14. The molecule has 0 bridgehead atoms. The molecule has 0 spiro atoms. The molecule has 4 aromatic carbocycles. The first-order valence-electron chi connectivity index (χ1n) is 10.8. The summed E-state index contributed by atoms with van der Waals surface area (Å²) in [7, 11) is 0. The minimum absolute atomic E-state index is 0.676. The number of para-hydroxylation sites is 2. The largest absolute Gasteiger partial charge is 0.353 e. The minimum atomic E-state index is 0.676. The summed E-state index contributed by atoms with van der Waals surface area (Å²) in [6.07, 6.45) is 0. The number of rotatable bonds is 4. The van der Waals surface area contributed by atoms with E-state index in [0.717, 1.165) is 56.3 Å². The van der Waals surface area contributed by atoms with Gasteiger partial charge in [-0.1, -0.05) is 59.6 Å². The van der Waals surface area contributed by atoms with Crippen molar-refractivity contribution in [2.24, 2.45) is 9.98 Å². The highest BCUT2D eigenvalue weighted by Crippen LogP contribution is 2.37. The molecule has 4 nitrogen and oxygen atoms in total. The number of H-pyrrole nitrogens is 1. The van der Waals surface area contributed by atoms with Crippen LogP contribution in [0.5, 0.6) is 0 Å². The van der Waals surface area contributed by atoms with Gasteiger partial charge in [0, 0.05) is 32.2 Å². The number of benzene rings is 4. The first-order valence-corrected chi connectivity index (χ1v) is 11.6. The molecule has 0 amide bonds. The van der Waals surface area contributed by atoms with Crippen LogP contribution < -0.4 is 5.32 Å². The molecule has 34 heavy (non-hydrogen) atoms. The first-order chi connectivity index (χ1) is 16.7. The number of hydrogen-bond donors (Lipinski definition) is 2. The van der Waals surface area contributed by atoms with Gasteiger partial charge in [-0.25, -0.2) is 9.98 Å². The normalized spacial score (nSPS) is 13.8. The van der Waals surface area contributed by atoms with Gasteiger partial charge in [0.25, 0.3) is 0 Å². The molecule has 2 heterocycles. The van der Waals surface area contributed by atoms with Crippen LogP contribution in [0.25, 0.3) is 10.9 Å². The lowest BCUT2D eigenvalue weighted by Gasteiger charge is -2.10. The number of aromatic amines is 1. The van der Waals surface area contributed by atoms with Crippen LogP contribution >= 0.6 is 23.2 Å². The molecule has 6 rings (SSSR count). The lowest BCUT2D eigenvalue weighted by molar-refractivity contribution is 1.41. The van der Waals surface area contributed by atoms with E-state index in [-0.39, 0.29) is 0 Å². The zero-order valence-electron chi connectivity index (χ0n) is 17.9. The van der Waals surface area contributed by atoms with Crippen molar-refractivity contribution in [1.82, 2.24) is 4.98 Å². The molecule has 0 fully saturated rings. The number of hydrogen-bond acceptors (Lipinski definition) is 3. The van der Waals surface area contributed by atoms with Gasteiger partial charge in [0.2, 0.25) is 0 Å². The van der Waals surface area contributed by atoms with E-state index in [1.54, 1.807) is 0 Å². The SMILES string of the molecule is Clc1ccc(N=C2C(c3[nH]c4ccccc4c3Nc3ccc(Cl)cc3)=Nc3ccccc32)cc1. The monoisotopic (exact) mass is 480 g/mol. The number of anilines is 2. The minimum Gasteiger partial charge on any atom is -0.353 e. The summed E-state index contributed by atoms with van der Waals surface area (Å²) >= 11 is 12.2. The Kier molecular flexibility index (Phi) is 5.17. The van der Waals surface area contributed by atoms with E-state index in [0.29, 0.717) is 10.0 Å². The fourth-order valence-corrected chi connectivity index (χ4v) is 4.38. The average Bonchev–Trinajstić information content (AvgIpc) is 3.40. The molecule has 0 unspecified atom stereocenters. The number of aromatic nitrogens is 1. The Morgan fingerprint density at radius 2 is 1.41 bits per heavy atom. The predicted octanol–water partition coefficient (Wildman–Crippen LogP) is 8.47. The van der Waals surface area contributed by atoms with E-state index in [9.17, 15) is 0 Å². The number of aliphatic imine (C=N–C) groups is 2. The van der Waals surface area contributed by atoms with E-state index >= 15 is 0 Å². The Morgan fingerprint density at radius 1 is 0.735 bits per heavy atom. The molecular formula is C28H18Cl2N4. The summed E-state index contributed by atoms with van der Waals surface area (Å²) in [5.41, 5.74) is 8.04. The van der Waals surface area contributed by atoms with Crippen molar-refractivity contribution in [3.8, 4) is 0 Å². The van der Waals surface area contributed by atoms with Crippen LogP contribution in [-0.4, -0.2) is 16.4 Å². The van der Waals surface area contributed by atoms with E-state index in [1.807, 2.05) is 78.9 Å². The van der Waals surface area contributed by atoms with Gasteiger partial charge in [-0.2, -0.15) is 0 Å². The molecule has 2 N–H and O–H groups in total. The third kappa shape index (κ3) is 3.77. The van der Waals surface area contributed by atoms with Crippen molar-refractivity contribution in [1.29, 1.82) is 0 Å². The van der Waals surface area contributed by atoms with Crippen LogP contribution in [0.2, 0.25) is 10.0 Å². The second kappa shape index (κ2) is 8.49. The van der Waals surface area contributed by atoms with Crippen LogP contribution in [0.1, 0.15) is 11.3 Å². The maximum atomic E-state index is 6.10. The molecule has 0 aliphatic carbocycles. The second-order valence-corrected chi connectivity index (χ2v) is 8.84. The van der Waals surface area contributed by atoms with Gasteiger partial charge in [0.05, 0.1) is 22.8 Å². The molecule has 6 heteroatoms. The highest BCUT2D eigenvalue weighted by molar-refractivity contribution is 6.58. The van der Waals surface area contributed by atoms with E-state index in [4.69, 9.17) is 33.2 Å². The maximum absolute atomic E-state index is 6.10. The molecule has 0 radical (unpaired) electrons. The van der Waals surface area contributed by atoms with Crippen molar-refractivity contribution in [3.05, 3.63) is 118 Å². The Hall–Kier alpha value is -3.86. The smallest absolute Gasteiger partial charge is 0.116 e. The van der Waals surface area contributed by atoms with Crippen LogP contribution in [0.15, 0.2) is 107 Å². The van der Waals surface area contributed by atoms with Crippen molar-refractivity contribution < 1.29 is 0 Å². The maximum Gasteiger partial charge on any atom is 0.116 e. The first kappa shape index (κ1) is 20.7. The number of nitrogens with one attached hydrogen (secondary N) is 2. The molecule has 5 aromatic rings. The second-order valence-electron chi connectivity index (χ2n) is 7.97. The molecule has 0 saturated carbocycles. The standard InChI is InChI=1S/C28H18Cl2N4/c29-17-9-13-19(14-10-17)31-25-21-5-1-3-7-23(21)33-27(25)28-26(22-6-2-4-8-24(22)34-28)32-20-15-11-18(30)12-16-20/h1-16,31,33H. The number of fused-ring (bicyclic) bond motifs is 2. The van der Waals surface area contributed by atoms with E-state index in [1.165, 1.54) is 0 Å². The molecule has 0 atom stereocenters. The number of nitrogens with zero attached hydrogens (tertiary/aromatic N) is 2. The van der Waals surface area contributed by atoms with E-state index in [2.05, 4.69) is 28.5 Å². The third-order valence-electron chi connectivity index (χ3n) is 5.74. The Morgan fingerprint density at radius 3 is 2.21 bits per heavy atom. The predicted molar refractivity (Wildman–Crippen MR) is 143 cm³/mol. The molecule has 1 aromatic heterocycles. The van der Waals surface area contributed by atoms with Gasteiger partial charge >= 0.3 is 0 Å². The van der Waals surface area contributed by atoms with Gasteiger partial charge in [-0.15, -0.1) is 0 Å². The van der Waals surface area contributed by atoms with Crippen molar-refractivity contribution in [3.63, 3.8) is 0 Å². The van der Waals surface area contributed by atoms with Gasteiger partial charge in [0.1, 0.15) is 11.4 Å². The van der Waals surface area contributed by atoms with Crippen LogP contribution in [0.3, 0.4) is 0 Å².